The van der Waals surface area contributed by atoms with Crippen molar-refractivity contribution >= 4 is 5.97 Å². The van der Waals surface area contributed by atoms with Crippen molar-refractivity contribution in [1.82, 2.24) is 0 Å². The number of esters is 1. The molecule has 0 unspecified atom stereocenters. The van der Waals surface area contributed by atoms with Crippen LogP contribution >= 0.6 is 0 Å². The van der Waals surface area contributed by atoms with Crippen LogP contribution in [-0.2, 0) is 14.9 Å². The standard InChI is InChI=1S/C15H18O2/c1-3-9-17-14(16)15(10-12(2)11-15)13-7-5-4-6-8-13/h3-8,12H,1,9-11H2,2H3/t12-,15+. The normalized spacial score (nSPS) is 27.0. The molecule has 1 aromatic carbocycles. The van der Waals surface area contributed by atoms with Gasteiger partial charge in [-0.05, 0) is 24.3 Å². The number of ether oxygens (including phenoxy) is 1. The fourth-order valence-corrected chi connectivity index (χ4v) is 2.68. The smallest absolute Gasteiger partial charge is 0.316 e. The minimum atomic E-state index is -0.413. The zero-order chi connectivity index (χ0) is 12.3. The van der Waals surface area contributed by atoms with E-state index in [0.29, 0.717) is 12.5 Å². The lowest BCUT2D eigenvalue weighted by Crippen LogP contribution is -2.48. The van der Waals surface area contributed by atoms with Gasteiger partial charge in [0.05, 0.1) is 5.41 Å². The van der Waals surface area contributed by atoms with Gasteiger partial charge in [-0.15, -0.1) is 0 Å². The van der Waals surface area contributed by atoms with Crippen molar-refractivity contribution in [3.05, 3.63) is 48.6 Å². The van der Waals surface area contributed by atoms with E-state index in [1.165, 1.54) is 0 Å². The van der Waals surface area contributed by atoms with Crippen LogP contribution < -0.4 is 0 Å². The van der Waals surface area contributed by atoms with E-state index in [1.807, 2.05) is 30.3 Å². The molecular formula is C15H18O2. The van der Waals surface area contributed by atoms with E-state index in [2.05, 4.69) is 13.5 Å². The molecule has 0 atom stereocenters. The lowest BCUT2D eigenvalue weighted by molar-refractivity contribution is -0.155. The second kappa shape index (κ2) is 4.74. The van der Waals surface area contributed by atoms with Crippen molar-refractivity contribution in [2.75, 3.05) is 6.61 Å². The van der Waals surface area contributed by atoms with Crippen LogP contribution in [0.2, 0.25) is 0 Å². The van der Waals surface area contributed by atoms with Gasteiger partial charge in [-0.2, -0.15) is 0 Å². The SMILES string of the molecule is C=CCOC(=O)[C@]1(c2ccccc2)C[C@H](C)C1. The molecule has 0 N–H and O–H groups in total. The van der Waals surface area contributed by atoms with Gasteiger partial charge in [0.25, 0.3) is 0 Å². The van der Waals surface area contributed by atoms with Crippen molar-refractivity contribution in [3.63, 3.8) is 0 Å². The summed E-state index contributed by atoms with van der Waals surface area (Å²) in [5.41, 5.74) is 0.663. The van der Waals surface area contributed by atoms with Crippen molar-refractivity contribution < 1.29 is 9.53 Å². The van der Waals surface area contributed by atoms with E-state index in [0.717, 1.165) is 18.4 Å². The first kappa shape index (κ1) is 11.9. The lowest BCUT2D eigenvalue weighted by Gasteiger charge is -2.44. The minimum Gasteiger partial charge on any atom is -0.461 e. The topological polar surface area (TPSA) is 26.3 Å². The van der Waals surface area contributed by atoms with Crippen LogP contribution in [0.25, 0.3) is 0 Å². The average molecular weight is 230 g/mol. The van der Waals surface area contributed by atoms with Crippen molar-refractivity contribution in [2.45, 2.75) is 25.2 Å². The van der Waals surface area contributed by atoms with Gasteiger partial charge in [-0.3, -0.25) is 4.79 Å². The highest BCUT2D eigenvalue weighted by atomic mass is 16.5. The van der Waals surface area contributed by atoms with Gasteiger partial charge < -0.3 is 4.74 Å². The Bertz CT molecular complexity index is 402. The second-order valence-electron chi connectivity index (χ2n) is 4.85. The summed E-state index contributed by atoms with van der Waals surface area (Å²) in [5.74, 6) is 0.480. The van der Waals surface area contributed by atoms with E-state index in [9.17, 15) is 4.79 Å². The predicted molar refractivity (Wildman–Crippen MR) is 67.7 cm³/mol. The number of rotatable bonds is 4. The third kappa shape index (κ3) is 2.12. The first-order valence-corrected chi connectivity index (χ1v) is 6.03. The quantitative estimate of drug-likeness (QED) is 0.587. The molecule has 0 saturated heterocycles. The molecule has 1 fully saturated rings. The van der Waals surface area contributed by atoms with Crippen LogP contribution in [0.4, 0.5) is 0 Å². The minimum absolute atomic E-state index is 0.110. The van der Waals surface area contributed by atoms with Crippen LogP contribution in [0.1, 0.15) is 25.3 Å². The molecule has 2 nitrogen and oxygen atoms in total. The fraction of sp³-hybridized carbons (Fsp3) is 0.400. The first-order valence-electron chi connectivity index (χ1n) is 6.03. The molecule has 90 valence electrons. The van der Waals surface area contributed by atoms with Crippen LogP contribution in [0.15, 0.2) is 43.0 Å². The number of carbonyl (C=O) groups is 1. The van der Waals surface area contributed by atoms with Crippen molar-refractivity contribution in [1.29, 1.82) is 0 Å². The van der Waals surface area contributed by atoms with Gasteiger partial charge in [-0.25, -0.2) is 0 Å². The summed E-state index contributed by atoms with van der Waals surface area (Å²) in [6.45, 7) is 6.03. The average Bonchev–Trinajstić information content (AvgIpc) is 2.33. The third-order valence-electron chi connectivity index (χ3n) is 3.44. The molecule has 0 amide bonds. The summed E-state index contributed by atoms with van der Waals surface area (Å²) < 4.78 is 5.24. The number of benzene rings is 1. The van der Waals surface area contributed by atoms with Crippen molar-refractivity contribution in [3.8, 4) is 0 Å². The molecule has 1 aliphatic rings. The molecule has 2 rings (SSSR count). The Balaban J connectivity index is 2.22. The van der Waals surface area contributed by atoms with Gasteiger partial charge in [0, 0.05) is 0 Å². The Morgan fingerprint density at radius 3 is 2.65 bits per heavy atom. The molecule has 0 heterocycles. The van der Waals surface area contributed by atoms with E-state index in [4.69, 9.17) is 4.74 Å². The van der Waals surface area contributed by atoms with E-state index < -0.39 is 5.41 Å². The van der Waals surface area contributed by atoms with Crippen molar-refractivity contribution in [2.24, 2.45) is 5.92 Å². The number of carbonyl (C=O) groups excluding carboxylic acids is 1. The molecule has 0 radical (unpaired) electrons. The molecule has 2 heteroatoms. The highest BCUT2D eigenvalue weighted by Crippen LogP contribution is 2.48. The summed E-state index contributed by atoms with van der Waals surface area (Å²) in [4.78, 5) is 12.2. The lowest BCUT2D eigenvalue weighted by atomic mass is 9.59. The Kier molecular flexibility index (Phi) is 3.32. The molecule has 17 heavy (non-hydrogen) atoms. The summed E-state index contributed by atoms with van der Waals surface area (Å²) >= 11 is 0. The number of hydrogen-bond donors (Lipinski definition) is 0. The maximum absolute atomic E-state index is 12.2. The highest BCUT2D eigenvalue weighted by Gasteiger charge is 2.50. The Morgan fingerprint density at radius 1 is 1.47 bits per heavy atom. The molecule has 1 aliphatic carbocycles. The van der Waals surface area contributed by atoms with Gasteiger partial charge in [0.15, 0.2) is 0 Å². The zero-order valence-corrected chi connectivity index (χ0v) is 10.2. The van der Waals surface area contributed by atoms with Crippen LogP contribution in [0.5, 0.6) is 0 Å². The Morgan fingerprint density at radius 2 is 2.12 bits per heavy atom. The molecule has 0 bridgehead atoms. The fourth-order valence-electron chi connectivity index (χ4n) is 2.68. The molecular weight excluding hydrogens is 212 g/mol. The Hall–Kier alpha value is -1.57. The van der Waals surface area contributed by atoms with E-state index in [-0.39, 0.29) is 5.97 Å². The van der Waals surface area contributed by atoms with Crippen LogP contribution in [-0.4, -0.2) is 12.6 Å². The second-order valence-corrected chi connectivity index (χ2v) is 4.85. The van der Waals surface area contributed by atoms with E-state index >= 15 is 0 Å². The summed E-state index contributed by atoms with van der Waals surface area (Å²) in [7, 11) is 0. The Labute approximate surface area is 102 Å². The monoisotopic (exact) mass is 230 g/mol. The summed E-state index contributed by atoms with van der Waals surface area (Å²) in [6.07, 6.45) is 3.37. The molecule has 0 aliphatic heterocycles. The molecule has 0 spiro atoms. The summed E-state index contributed by atoms with van der Waals surface area (Å²) in [5, 5.41) is 0. The largest absolute Gasteiger partial charge is 0.461 e. The van der Waals surface area contributed by atoms with Gasteiger partial charge in [0.2, 0.25) is 0 Å². The maximum atomic E-state index is 12.2. The van der Waals surface area contributed by atoms with E-state index in [1.54, 1.807) is 6.08 Å². The van der Waals surface area contributed by atoms with Gasteiger partial charge >= 0.3 is 5.97 Å². The predicted octanol–water partition coefficient (Wildman–Crippen LogP) is 3.08. The first-order chi connectivity index (χ1) is 8.19. The zero-order valence-electron chi connectivity index (χ0n) is 10.2. The third-order valence-corrected chi connectivity index (χ3v) is 3.44. The summed E-state index contributed by atoms with van der Waals surface area (Å²) in [6, 6.07) is 9.94. The molecule has 1 saturated carbocycles. The molecule has 1 aromatic rings. The van der Waals surface area contributed by atoms with Crippen LogP contribution in [0, 0.1) is 5.92 Å². The molecule has 0 aromatic heterocycles. The van der Waals surface area contributed by atoms with Gasteiger partial charge in [-0.1, -0.05) is 49.9 Å². The van der Waals surface area contributed by atoms with Gasteiger partial charge in [0.1, 0.15) is 6.61 Å². The van der Waals surface area contributed by atoms with Crippen LogP contribution in [0.3, 0.4) is 0 Å². The number of hydrogen-bond acceptors (Lipinski definition) is 2. The highest BCUT2D eigenvalue weighted by molar-refractivity contribution is 5.84. The maximum Gasteiger partial charge on any atom is 0.316 e.